The summed E-state index contributed by atoms with van der Waals surface area (Å²) in [4.78, 5) is 0. The van der Waals surface area contributed by atoms with Gasteiger partial charge < -0.3 is 24.6 Å². The fourth-order valence-corrected chi connectivity index (χ4v) is 2.60. The summed E-state index contributed by atoms with van der Waals surface area (Å²) in [6, 6.07) is 24.7. The van der Waals surface area contributed by atoms with Gasteiger partial charge in [-0.3, -0.25) is 0 Å². The van der Waals surface area contributed by atoms with Gasteiger partial charge in [0.25, 0.3) is 0 Å². The second kappa shape index (κ2) is 10.5. The van der Waals surface area contributed by atoms with Gasteiger partial charge in [-0.05, 0) is 36.4 Å². The summed E-state index contributed by atoms with van der Waals surface area (Å²) in [5.41, 5.74) is 0. The molecule has 0 aromatic heterocycles. The van der Waals surface area contributed by atoms with Gasteiger partial charge >= 0.3 is 0 Å². The Kier molecular flexibility index (Phi) is 7.50. The highest BCUT2D eigenvalue weighted by molar-refractivity contribution is 5.49. The van der Waals surface area contributed by atoms with E-state index in [-0.39, 0.29) is 6.61 Å². The number of aliphatic hydroxyl groups is 1. The maximum absolute atomic E-state index is 10.1. The number of hydrogen-bond donors (Lipinski definition) is 2. The first kappa shape index (κ1) is 20.7. The van der Waals surface area contributed by atoms with E-state index in [0.717, 1.165) is 0 Å². The van der Waals surface area contributed by atoms with Crippen molar-refractivity contribution in [3.8, 4) is 28.7 Å². The second-order valence-corrected chi connectivity index (χ2v) is 6.97. The van der Waals surface area contributed by atoms with Crippen LogP contribution < -0.4 is 19.5 Å². The molecule has 0 aliphatic heterocycles. The third kappa shape index (κ3) is 6.82. The van der Waals surface area contributed by atoms with Crippen LogP contribution in [0, 0.1) is 0 Å². The van der Waals surface area contributed by atoms with E-state index in [2.05, 4.69) is 5.32 Å². The zero-order valence-corrected chi connectivity index (χ0v) is 16.7. The zero-order valence-electron chi connectivity index (χ0n) is 16.7. The Morgan fingerprint density at radius 3 is 1.93 bits per heavy atom. The van der Waals surface area contributed by atoms with Gasteiger partial charge in [0, 0.05) is 18.7 Å². The molecule has 0 radical (unpaired) electrons. The number of para-hydroxylation sites is 2. The number of aliphatic hydroxyl groups excluding tert-OH is 1. The lowest BCUT2D eigenvalue weighted by Crippen LogP contribution is -2.35. The smallest absolute Gasteiger partial charge is 0.173 e. The van der Waals surface area contributed by atoms with E-state index in [1.807, 2.05) is 74.5 Å². The standard InChI is InChI=1S/C24H27NO4/c1-18(2)25-16-19(26)17-27-22-13-14-23(28-20-9-5-3-6-10-20)24(15-22)29-21-11-7-4-8-12-21/h3-15,18-19,25-26H,16-17H2,1-2H3/t19-/m1/s1. The van der Waals surface area contributed by atoms with Crippen LogP contribution in [-0.2, 0) is 0 Å². The van der Waals surface area contributed by atoms with Crippen LogP contribution in [0.25, 0.3) is 0 Å². The Morgan fingerprint density at radius 2 is 1.34 bits per heavy atom. The highest BCUT2D eigenvalue weighted by Gasteiger charge is 2.12. The lowest BCUT2D eigenvalue weighted by Gasteiger charge is -2.17. The molecule has 3 aromatic carbocycles. The molecular formula is C24H27NO4. The second-order valence-electron chi connectivity index (χ2n) is 6.97. The number of ether oxygens (including phenoxy) is 3. The summed E-state index contributed by atoms with van der Waals surface area (Å²) in [5.74, 6) is 3.12. The number of rotatable bonds is 10. The predicted molar refractivity (Wildman–Crippen MR) is 114 cm³/mol. The van der Waals surface area contributed by atoms with Crippen molar-refractivity contribution < 1.29 is 19.3 Å². The summed E-state index contributed by atoms with van der Waals surface area (Å²) in [5, 5.41) is 13.3. The largest absolute Gasteiger partial charge is 0.491 e. The molecule has 29 heavy (non-hydrogen) atoms. The van der Waals surface area contributed by atoms with E-state index in [1.165, 1.54) is 0 Å². The molecule has 0 saturated carbocycles. The molecule has 0 saturated heterocycles. The van der Waals surface area contributed by atoms with Crippen molar-refractivity contribution in [2.24, 2.45) is 0 Å². The molecule has 0 heterocycles. The first-order valence-corrected chi connectivity index (χ1v) is 9.74. The van der Waals surface area contributed by atoms with Crippen LogP contribution in [0.3, 0.4) is 0 Å². The minimum absolute atomic E-state index is 0.184. The summed E-state index contributed by atoms with van der Waals surface area (Å²) in [7, 11) is 0. The van der Waals surface area contributed by atoms with E-state index >= 15 is 0 Å². The van der Waals surface area contributed by atoms with Crippen molar-refractivity contribution in [3.63, 3.8) is 0 Å². The number of benzene rings is 3. The fraction of sp³-hybridized carbons (Fsp3) is 0.250. The average molecular weight is 393 g/mol. The van der Waals surface area contributed by atoms with Crippen LogP contribution in [0.4, 0.5) is 0 Å². The summed E-state index contributed by atoms with van der Waals surface area (Å²) in [6.45, 7) is 4.72. The normalized spacial score (nSPS) is 11.9. The topological polar surface area (TPSA) is 60.0 Å². The van der Waals surface area contributed by atoms with Crippen molar-refractivity contribution in [3.05, 3.63) is 78.9 Å². The summed E-state index contributed by atoms with van der Waals surface area (Å²) < 4.78 is 17.8. The van der Waals surface area contributed by atoms with Crippen molar-refractivity contribution in [1.82, 2.24) is 5.32 Å². The number of nitrogens with one attached hydrogen (secondary N) is 1. The molecule has 0 bridgehead atoms. The molecule has 5 heteroatoms. The maximum Gasteiger partial charge on any atom is 0.173 e. The zero-order chi connectivity index (χ0) is 20.5. The molecule has 2 N–H and O–H groups in total. The van der Waals surface area contributed by atoms with Crippen LogP contribution in [0.5, 0.6) is 28.7 Å². The Hall–Kier alpha value is -3.02. The van der Waals surface area contributed by atoms with E-state index < -0.39 is 6.10 Å². The minimum Gasteiger partial charge on any atom is -0.491 e. The van der Waals surface area contributed by atoms with Crippen LogP contribution in [0.15, 0.2) is 78.9 Å². The quantitative estimate of drug-likeness (QED) is 0.507. The number of hydrogen-bond acceptors (Lipinski definition) is 5. The highest BCUT2D eigenvalue weighted by atomic mass is 16.5. The van der Waals surface area contributed by atoms with Gasteiger partial charge in [-0.15, -0.1) is 0 Å². The molecule has 0 aliphatic carbocycles. The van der Waals surface area contributed by atoms with Crippen LogP contribution in [-0.4, -0.2) is 30.4 Å². The van der Waals surface area contributed by atoms with Gasteiger partial charge in [0.1, 0.15) is 30.0 Å². The molecule has 5 nitrogen and oxygen atoms in total. The SMILES string of the molecule is CC(C)NC[C@@H](O)COc1ccc(Oc2ccccc2)c(Oc2ccccc2)c1. The molecule has 3 aromatic rings. The molecular weight excluding hydrogens is 366 g/mol. The Labute approximate surface area is 171 Å². The molecule has 152 valence electrons. The monoisotopic (exact) mass is 393 g/mol. The molecule has 3 rings (SSSR count). The first-order valence-electron chi connectivity index (χ1n) is 9.74. The van der Waals surface area contributed by atoms with Gasteiger partial charge in [-0.2, -0.15) is 0 Å². The van der Waals surface area contributed by atoms with E-state index in [4.69, 9.17) is 14.2 Å². The van der Waals surface area contributed by atoms with Crippen LogP contribution in [0.1, 0.15) is 13.8 Å². The van der Waals surface area contributed by atoms with Gasteiger partial charge in [0.05, 0.1) is 0 Å². The van der Waals surface area contributed by atoms with Crippen LogP contribution >= 0.6 is 0 Å². The van der Waals surface area contributed by atoms with E-state index in [0.29, 0.717) is 41.3 Å². The van der Waals surface area contributed by atoms with Crippen molar-refractivity contribution in [2.45, 2.75) is 26.0 Å². The average Bonchev–Trinajstić information content (AvgIpc) is 2.74. The Morgan fingerprint density at radius 1 is 0.759 bits per heavy atom. The molecule has 1 atom stereocenters. The molecule has 0 amide bonds. The fourth-order valence-electron chi connectivity index (χ4n) is 2.60. The molecule has 0 fully saturated rings. The molecule has 0 spiro atoms. The van der Waals surface area contributed by atoms with Gasteiger partial charge in [0.15, 0.2) is 11.5 Å². The Balaban J connectivity index is 1.74. The van der Waals surface area contributed by atoms with Crippen molar-refractivity contribution >= 4 is 0 Å². The lowest BCUT2D eigenvalue weighted by molar-refractivity contribution is 0.104. The van der Waals surface area contributed by atoms with E-state index in [1.54, 1.807) is 18.2 Å². The van der Waals surface area contributed by atoms with Crippen molar-refractivity contribution in [2.75, 3.05) is 13.2 Å². The predicted octanol–water partition coefficient (Wildman–Crippen LogP) is 5.01. The summed E-state index contributed by atoms with van der Waals surface area (Å²) >= 11 is 0. The van der Waals surface area contributed by atoms with Crippen molar-refractivity contribution in [1.29, 1.82) is 0 Å². The molecule has 0 aliphatic rings. The van der Waals surface area contributed by atoms with Gasteiger partial charge in [-0.1, -0.05) is 50.2 Å². The summed E-state index contributed by atoms with van der Waals surface area (Å²) in [6.07, 6.45) is -0.601. The van der Waals surface area contributed by atoms with Gasteiger partial charge in [0.2, 0.25) is 0 Å². The highest BCUT2D eigenvalue weighted by Crippen LogP contribution is 2.37. The van der Waals surface area contributed by atoms with Gasteiger partial charge in [-0.25, -0.2) is 0 Å². The lowest BCUT2D eigenvalue weighted by atomic mass is 10.2. The molecule has 0 unspecified atom stereocenters. The minimum atomic E-state index is -0.601. The Bertz CT molecular complexity index is 869. The van der Waals surface area contributed by atoms with E-state index in [9.17, 15) is 5.11 Å². The third-order valence-electron chi connectivity index (χ3n) is 4.06. The third-order valence-corrected chi connectivity index (χ3v) is 4.06. The van der Waals surface area contributed by atoms with Crippen LogP contribution in [0.2, 0.25) is 0 Å². The first-order chi connectivity index (χ1) is 14.1. The maximum atomic E-state index is 10.1.